The van der Waals surface area contributed by atoms with E-state index in [0.29, 0.717) is 20.8 Å². The number of hydrogen-bond acceptors (Lipinski definition) is 3. The van der Waals surface area contributed by atoms with Crippen LogP contribution in [0.1, 0.15) is 11.3 Å². The zero-order chi connectivity index (χ0) is 17.8. The van der Waals surface area contributed by atoms with E-state index in [-0.39, 0.29) is 6.73 Å². The summed E-state index contributed by atoms with van der Waals surface area (Å²) in [6.45, 7) is 2.06. The van der Waals surface area contributed by atoms with E-state index in [2.05, 4.69) is 5.32 Å². The topological polar surface area (TPSA) is 34.4 Å². The number of halogens is 2. The molecule has 3 aromatic rings. The van der Waals surface area contributed by atoms with Crippen LogP contribution in [-0.4, -0.2) is 11.7 Å². The average molecular weight is 392 g/mol. The highest BCUT2D eigenvalue weighted by atomic mass is 35.5. The number of benzene rings is 2. The summed E-state index contributed by atoms with van der Waals surface area (Å²) in [6, 6.07) is 14.8. The van der Waals surface area contributed by atoms with Crippen molar-refractivity contribution in [1.82, 2.24) is 5.32 Å². The highest BCUT2D eigenvalue weighted by Crippen LogP contribution is 2.30. The fourth-order valence-corrected chi connectivity index (χ4v) is 3.13. The van der Waals surface area contributed by atoms with Gasteiger partial charge in [-0.25, -0.2) is 0 Å². The summed E-state index contributed by atoms with van der Waals surface area (Å²) in [6.07, 6.45) is 1.68. The van der Waals surface area contributed by atoms with Crippen LogP contribution in [0.15, 0.2) is 59.2 Å². The van der Waals surface area contributed by atoms with Crippen molar-refractivity contribution in [3.05, 3.63) is 76.2 Å². The highest BCUT2D eigenvalue weighted by molar-refractivity contribution is 7.80. The minimum Gasteiger partial charge on any atom is -0.472 e. The third-order valence-electron chi connectivity index (χ3n) is 3.63. The summed E-state index contributed by atoms with van der Waals surface area (Å²) >= 11 is 17.7. The van der Waals surface area contributed by atoms with Gasteiger partial charge in [-0.3, -0.25) is 0 Å². The molecule has 0 saturated heterocycles. The van der Waals surface area contributed by atoms with Crippen molar-refractivity contribution in [3.8, 4) is 16.9 Å². The van der Waals surface area contributed by atoms with Crippen molar-refractivity contribution in [1.29, 1.82) is 0 Å². The second kappa shape index (κ2) is 7.91. The summed E-state index contributed by atoms with van der Waals surface area (Å²) in [5.41, 5.74) is 2.64. The van der Waals surface area contributed by atoms with E-state index >= 15 is 0 Å². The smallest absolute Gasteiger partial charge is 0.159 e. The Morgan fingerprint density at radius 1 is 1.16 bits per heavy atom. The Morgan fingerprint density at radius 2 is 1.96 bits per heavy atom. The summed E-state index contributed by atoms with van der Waals surface area (Å²) in [4.78, 5) is 0.535. The van der Waals surface area contributed by atoms with Gasteiger partial charge in [0, 0.05) is 10.6 Å². The molecule has 3 rings (SSSR count). The van der Waals surface area contributed by atoms with Crippen LogP contribution in [0, 0.1) is 6.92 Å². The first-order valence-electron chi connectivity index (χ1n) is 7.56. The van der Waals surface area contributed by atoms with Crippen LogP contribution in [0.5, 0.6) is 5.75 Å². The van der Waals surface area contributed by atoms with Crippen molar-refractivity contribution in [2.24, 2.45) is 0 Å². The fourth-order valence-electron chi connectivity index (χ4n) is 2.43. The number of aryl methyl sites for hydroxylation is 1. The molecule has 0 amide bonds. The lowest BCUT2D eigenvalue weighted by molar-refractivity contribution is 0.310. The van der Waals surface area contributed by atoms with Gasteiger partial charge in [0.25, 0.3) is 0 Å². The van der Waals surface area contributed by atoms with Gasteiger partial charge < -0.3 is 14.5 Å². The molecule has 128 valence electrons. The van der Waals surface area contributed by atoms with Gasteiger partial charge in [-0.1, -0.05) is 59.7 Å². The van der Waals surface area contributed by atoms with Crippen molar-refractivity contribution >= 4 is 40.4 Å². The van der Waals surface area contributed by atoms with Crippen LogP contribution >= 0.6 is 35.4 Å². The average Bonchev–Trinajstić information content (AvgIpc) is 2.98. The molecule has 1 N–H and O–H groups in total. The lowest BCUT2D eigenvalue weighted by Crippen LogP contribution is -2.27. The molecule has 3 nitrogen and oxygen atoms in total. The number of para-hydroxylation sites is 1. The molecule has 0 atom stereocenters. The van der Waals surface area contributed by atoms with Gasteiger partial charge in [0.1, 0.15) is 16.5 Å². The second-order valence-corrected chi connectivity index (χ2v) is 6.57. The van der Waals surface area contributed by atoms with Crippen LogP contribution in [0.3, 0.4) is 0 Å². The van der Waals surface area contributed by atoms with Crippen molar-refractivity contribution in [2.45, 2.75) is 6.92 Å². The molecule has 1 aromatic heterocycles. The molecule has 0 bridgehead atoms. The minimum atomic E-state index is 0.197. The van der Waals surface area contributed by atoms with Gasteiger partial charge in [0.15, 0.2) is 6.73 Å². The van der Waals surface area contributed by atoms with E-state index in [1.165, 1.54) is 0 Å². The number of hydrogen-bond donors (Lipinski definition) is 1. The number of nitrogens with one attached hydrogen (secondary N) is 1. The first-order valence-corrected chi connectivity index (χ1v) is 8.72. The fraction of sp³-hybridized carbons (Fsp3) is 0.105. The first-order chi connectivity index (χ1) is 12.1. The Balaban J connectivity index is 1.74. The van der Waals surface area contributed by atoms with Crippen molar-refractivity contribution in [3.63, 3.8) is 0 Å². The maximum atomic E-state index is 6.09. The zero-order valence-electron chi connectivity index (χ0n) is 13.4. The van der Waals surface area contributed by atoms with E-state index in [9.17, 15) is 0 Å². The number of furan rings is 1. The lowest BCUT2D eigenvalue weighted by Gasteiger charge is -2.12. The predicted octanol–water partition coefficient (Wildman–Crippen LogP) is 5.86. The Labute approximate surface area is 161 Å². The summed E-state index contributed by atoms with van der Waals surface area (Å²) < 4.78 is 11.2. The summed E-state index contributed by atoms with van der Waals surface area (Å²) in [5.74, 6) is 1.32. The van der Waals surface area contributed by atoms with Crippen LogP contribution in [0.25, 0.3) is 11.1 Å². The Morgan fingerprint density at radius 3 is 2.72 bits per heavy atom. The van der Waals surface area contributed by atoms with Crippen LogP contribution < -0.4 is 10.1 Å². The zero-order valence-corrected chi connectivity index (χ0v) is 15.7. The van der Waals surface area contributed by atoms with E-state index in [4.69, 9.17) is 44.6 Å². The lowest BCUT2D eigenvalue weighted by atomic mass is 10.0. The van der Waals surface area contributed by atoms with Crippen molar-refractivity contribution < 1.29 is 9.15 Å². The molecular weight excluding hydrogens is 377 g/mol. The van der Waals surface area contributed by atoms with E-state index < -0.39 is 0 Å². The molecule has 6 heteroatoms. The number of rotatable bonds is 5. The van der Waals surface area contributed by atoms with Gasteiger partial charge in [-0.15, -0.1) is 0 Å². The predicted molar refractivity (Wildman–Crippen MR) is 106 cm³/mol. The third-order valence-corrected chi connectivity index (χ3v) is 4.53. The Hall–Kier alpha value is -2.01. The Bertz CT molecular complexity index is 908. The summed E-state index contributed by atoms with van der Waals surface area (Å²) in [5, 5.41) is 4.29. The maximum Gasteiger partial charge on any atom is 0.159 e. The molecule has 0 aliphatic carbocycles. The molecule has 0 radical (unpaired) electrons. The molecule has 0 fully saturated rings. The molecule has 0 saturated carbocycles. The van der Waals surface area contributed by atoms with Gasteiger partial charge in [0.2, 0.25) is 0 Å². The standard InChI is InChI=1S/C19H15Cl2NO2S/c1-12-18(15(10-23-12)13-5-4-6-14(20)9-13)19(25)22-11-24-17-8-3-2-7-16(17)21/h2-10H,11H2,1H3,(H,22,25). The van der Waals surface area contributed by atoms with Crippen LogP contribution in [0.4, 0.5) is 0 Å². The van der Waals surface area contributed by atoms with E-state index in [1.807, 2.05) is 43.3 Å². The molecule has 0 spiro atoms. The summed E-state index contributed by atoms with van der Waals surface area (Å²) in [7, 11) is 0. The van der Waals surface area contributed by atoms with Gasteiger partial charge in [-0.05, 0) is 36.8 Å². The first kappa shape index (κ1) is 17.8. The number of thiocarbonyl (C=S) groups is 1. The Kier molecular flexibility index (Phi) is 5.63. The quantitative estimate of drug-likeness (QED) is 0.435. The number of ether oxygens (including phenoxy) is 1. The third kappa shape index (κ3) is 4.15. The molecule has 0 unspecified atom stereocenters. The highest BCUT2D eigenvalue weighted by Gasteiger charge is 2.17. The van der Waals surface area contributed by atoms with Gasteiger partial charge in [-0.2, -0.15) is 0 Å². The normalized spacial score (nSPS) is 10.5. The van der Waals surface area contributed by atoms with Crippen molar-refractivity contribution in [2.75, 3.05) is 6.73 Å². The second-order valence-electron chi connectivity index (χ2n) is 5.32. The molecule has 2 aromatic carbocycles. The monoisotopic (exact) mass is 391 g/mol. The largest absolute Gasteiger partial charge is 0.472 e. The SMILES string of the molecule is Cc1occ(-c2cccc(Cl)c2)c1C(=S)NCOc1ccccc1Cl. The van der Waals surface area contributed by atoms with Crippen LogP contribution in [0.2, 0.25) is 10.0 Å². The molecule has 25 heavy (non-hydrogen) atoms. The molecule has 1 heterocycles. The molecule has 0 aliphatic rings. The van der Waals surface area contributed by atoms with Gasteiger partial charge in [0.05, 0.1) is 16.8 Å². The van der Waals surface area contributed by atoms with E-state index in [1.54, 1.807) is 18.4 Å². The van der Waals surface area contributed by atoms with E-state index in [0.717, 1.165) is 22.5 Å². The molecular formula is C19H15Cl2NO2S. The minimum absolute atomic E-state index is 0.197. The maximum absolute atomic E-state index is 6.09. The van der Waals surface area contributed by atoms with Crippen LogP contribution in [-0.2, 0) is 0 Å². The van der Waals surface area contributed by atoms with Gasteiger partial charge >= 0.3 is 0 Å². The molecule has 0 aliphatic heterocycles.